The van der Waals surface area contributed by atoms with Crippen molar-refractivity contribution in [1.82, 2.24) is 0 Å². The number of hydrogen-bond acceptors (Lipinski definition) is 4. The Morgan fingerprint density at radius 2 is 0.725 bits per heavy atom. The summed E-state index contributed by atoms with van der Waals surface area (Å²) in [7, 11) is -0.649. The lowest BCUT2D eigenvalue weighted by Crippen LogP contribution is -2.41. The van der Waals surface area contributed by atoms with Gasteiger partial charge in [0.1, 0.15) is 0 Å². The van der Waals surface area contributed by atoms with Gasteiger partial charge in [-0.3, -0.25) is 0 Å². The largest absolute Gasteiger partial charge is 0.494 e. The van der Waals surface area contributed by atoms with Gasteiger partial charge in [-0.2, -0.15) is 0 Å². The van der Waals surface area contributed by atoms with E-state index in [1.165, 1.54) is 54.6 Å². The lowest BCUT2D eigenvalue weighted by atomic mass is 9.74. The van der Waals surface area contributed by atoms with Crippen molar-refractivity contribution in [2.24, 2.45) is 0 Å². The van der Waals surface area contributed by atoms with Crippen molar-refractivity contribution in [1.29, 1.82) is 0 Å². The summed E-state index contributed by atoms with van der Waals surface area (Å²) >= 11 is 0. The summed E-state index contributed by atoms with van der Waals surface area (Å²) in [4.78, 5) is 0. The van der Waals surface area contributed by atoms with Gasteiger partial charge in [-0.05, 0) is 121 Å². The molecule has 0 atom stereocenters. The van der Waals surface area contributed by atoms with Crippen molar-refractivity contribution in [2.75, 3.05) is 0 Å². The first-order chi connectivity index (χ1) is 24.0. The topological polar surface area (TPSA) is 36.9 Å². The molecule has 6 aromatic rings. The molecule has 258 valence electrons. The maximum Gasteiger partial charge on any atom is 0.494 e. The van der Waals surface area contributed by atoms with Crippen LogP contribution in [0.1, 0.15) is 80.4 Å². The molecule has 3 aliphatic rings. The molecule has 2 heterocycles. The summed E-state index contributed by atoms with van der Waals surface area (Å²) in [6, 6.07) is 39.2. The fraction of sp³-hybridized carbons (Fsp3) is 0.333. The van der Waals surface area contributed by atoms with Gasteiger partial charge in [0, 0.05) is 5.41 Å². The molecule has 51 heavy (non-hydrogen) atoms. The van der Waals surface area contributed by atoms with Crippen molar-refractivity contribution in [3.63, 3.8) is 0 Å². The minimum absolute atomic E-state index is 0.00553. The fourth-order valence-corrected chi connectivity index (χ4v) is 7.90. The summed E-state index contributed by atoms with van der Waals surface area (Å²) < 4.78 is 25.0. The Bertz CT molecular complexity index is 2270. The summed E-state index contributed by atoms with van der Waals surface area (Å²) in [5.41, 5.74) is 6.32. The zero-order valence-corrected chi connectivity index (χ0v) is 31.7. The Labute approximate surface area is 303 Å². The van der Waals surface area contributed by atoms with Crippen molar-refractivity contribution in [3.05, 3.63) is 120 Å². The van der Waals surface area contributed by atoms with E-state index < -0.39 is 0 Å². The minimum Gasteiger partial charge on any atom is -0.399 e. The van der Waals surface area contributed by atoms with Crippen LogP contribution in [0.5, 0.6) is 0 Å². The molecule has 6 aromatic carbocycles. The zero-order valence-electron chi connectivity index (χ0n) is 31.7. The van der Waals surface area contributed by atoms with Crippen LogP contribution < -0.4 is 10.9 Å². The van der Waals surface area contributed by atoms with E-state index in [9.17, 15) is 0 Å². The average molecular weight is 674 g/mol. The van der Waals surface area contributed by atoms with Crippen molar-refractivity contribution >= 4 is 57.5 Å². The highest BCUT2D eigenvalue weighted by Gasteiger charge is 2.53. The van der Waals surface area contributed by atoms with Crippen LogP contribution in [0.3, 0.4) is 0 Å². The maximum absolute atomic E-state index is 6.28. The Balaban J connectivity index is 0.000000148. The molecule has 6 heteroatoms. The normalized spacial score (nSPS) is 20.4. The molecule has 4 nitrogen and oxygen atoms in total. The third kappa shape index (κ3) is 5.37. The van der Waals surface area contributed by atoms with Crippen LogP contribution in [0.25, 0.3) is 43.4 Å². The number of benzene rings is 6. The zero-order chi connectivity index (χ0) is 36.1. The van der Waals surface area contributed by atoms with Gasteiger partial charge in [0.05, 0.1) is 22.4 Å². The van der Waals surface area contributed by atoms with E-state index in [1.807, 2.05) is 0 Å². The Morgan fingerprint density at radius 1 is 0.353 bits per heavy atom. The molecule has 0 N–H and O–H groups in total. The molecule has 2 saturated heterocycles. The van der Waals surface area contributed by atoms with Gasteiger partial charge in [-0.15, -0.1) is 0 Å². The average Bonchev–Trinajstić information content (AvgIpc) is 3.57. The number of hydrogen-bond donors (Lipinski definition) is 0. The second kappa shape index (κ2) is 11.5. The fourth-order valence-electron chi connectivity index (χ4n) is 7.90. The van der Waals surface area contributed by atoms with Crippen LogP contribution in [0.4, 0.5) is 0 Å². The highest BCUT2D eigenvalue weighted by molar-refractivity contribution is 6.63. The predicted octanol–water partition coefficient (Wildman–Crippen LogP) is 9.74. The molecule has 0 aromatic heterocycles. The Hall–Kier alpha value is -3.93. The molecule has 0 saturated carbocycles. The minimum atomic E-state index is -0.343. The summed E-state index contributed by atoms with van der Waals surface area (Å²) in [5.74, 6) is 0. The first-order valence-corrected chi connectivity index (χ1v) is 18.3. The molecule has 0 spiro atoms. The number of rotatable bonds is 2. The van der Waals surface area contributed by atoms with Crippen molar-refractivity contribution in [2.45, 2.75) is 97.1 Å². The third-order valence-corrected chi connectivity index (χ3v) is 12.4. The van der Waals surface area contributed by atoms with Gasteiger partial charge in [-0.25, -0.2) is 0 Å². The van der Waals surface area contributed by atoms with E-state index in [1.54, 1.807) is 0 Å². The molecule has 0 amide bonds. The van der Waals surface area contributed by atoms with Gasteiger partial charge in [0.2, 0.25) is 0 Å². The smallest absolute Gasteiger partial charge is 0.399 e. The Kier molecular flexibility index (Phi) is 7.73. The molecule has 2 fully saturated rings. The van der Waals surface area contributed by atoms with Crippen LogP contribution >= 0.6 is 0 Å². The second-order valence-electron chi connectivity index (χ2n) is 17.0. The summed E-state index contributed by atoms with van der Waals surface area (Å²) in [5, 5.41) is 7.65. The van der Waals surface area contributed by atoms with Gasteiger partial charge >= 0.3 is 14.2 Å². The SMILES string of the molecule is CC1(C)OB(c2ccc3c4ccccc4c4ccccc4c3c2)OC1(C)C.CC1(C)c2ccccc2-c2ccc(B3OC(C)(C)C(C)(C)O3)cc21. The lowest BCUT2D eigenvalue weighted by molar-refractivity contribution is 0.00578. The molecular weight excluding hydrogens is 626 g/mol. The molecule has 2 aliphatic heterocycles. The monoisotopic (exact) mass is 674 g/mol. The van der Waals surface area contributed by atoms with Crippen LogP contribution in [-0.2, 0) is 24.0 Å². The van der Waals surface area contributed by atoms with Crippen LogP contribution in [0.2, 0.25) is 0 Å². The van der Waals surface area contributed by atoms with Crippen molar-refractivity contribution < 1.29 is 18.6 Å². The second-order valence-corrected chi connectivity index (χ2v) is 17.0. The summed E-state index contributed by atoms with van der Waals surface area (Å²) in [6.45, 7) is 21.4. The summed E-state index contributed by atoms with van der Waals surface area (Å²) in [6.07, 6.45) is 0. The van der Waals surface area contributed by atoms with Gasteiger partial charge in [0.15, 0.2) is 0 Å². The van der Waals surface area contributed by atoms with Gasteiger partial charge < -0.3 is 18.6 Å². The first-order valence-electron chi connectivity index (χ1n) is 18.3. The van der Waals surface area contributed by atoms with E-state index >= 15 is 0 Å². The van der Waals surface area contributed by atoms with Crippen molar-refractivity contribution in [3.8, 4) is 11.1 Å². The van der Waals surface area contributed by atoms with Gasteiger partial charge in [0.25, 0.3) is 0 Å². The third-order valence-electron chi connectivity index (χ3n) is 12.4. The standard InChI is InChI=1S/C24H23BO2.C21H25BO2/c1-23(2)24(3,4)27-25(26-23)16-13-14-21-19-11-6-5-9-17(19)18-10-7-8-12-20(18)22(21)15-16;1-19(2)17-10-8-7-9-15(17)16-12-11-14(13-18(16)19)22-23-20(3,4)21(5,6)24-22/h5-15H,1-4H3;7-13H,1-6H3. The molecule has 0 unspecified atom stereocenters. The van der Waals surface area contributed by atoms with E-state index in [4.69, 9.17) is 18.6 Å². The van der Waals surface area contributed by atoms with Crippen LogP contribution in [0, 0.1) is 0 Å². The van der Waals surface area contributed by atoms with E-state index in [0.717, 1.165) is 10.9 Å². The Morgan fingerprint density at radius 3 is 1.24 bits per heavy atom. The molecule has 0 bridgehead atoms. The molecule has 1 aliphatic carbocycles. The van der Waals surface area contributed by atoms with E-state index in [-0.39, 0.29) is 42.1 Å². The van der Waals surface area contributed by atoms with E-state index in [2.05, 4.69) is 178 Å². The lowest BCUT2D eigenvalue weighted by Gasteiger charge is -2.32. The maximum atomic E-state index is 6.28. The predicted molar refractivity (Wildman–Crippen MR) is 214 cm³/mol. The highest BCUT2D eigenvalue weighted by Crippen LogP contribution is 2.48. The van der Waals surface area contributed by atoms with Gasteiger partial charge in [-0.1, -0.05) is 123 Å². The molecular formula is C45H48B2O4. The number of fused-ring (bicyclic) bond motifs is 9. The molecule has 9 rings (SSSR count). The quantitative estimate of drug-likeness (QED) is 0.135. The van der Waals surface area contributed by atoms with Crippen LogP contribution in [-0.4, -0.2) is 36.6 Å². The highest BCUT2D eigenvalue weighted by atomic mass is 16.7. The first kappa shape index (κ1) is 34.2. The van der Waals surface area contributed by atoms with E-state index in [0.29, 0.717) is 0 Å². The molecule has 0 radical (unpaired) electrons. The van der Waals surface area contributed by atoms with Crippen LogP contribution in [0.15, 0.2) is 109 Å².